The number of carbonyl (C=O) groups is 2. The van der Waals surface area contributed by atoms with Crippen LogP contribution in [0.2, 0.25) is 0 Å². The van der Waals surface area contributed by atoms with Crippen molar-refractivity contribution >= 4 is 12.1 Å². The predicted molar refractivity (Wildman–Crippen MR) is 56.1 cm³/mol. The Hall–Kier alpha value is -1.26. The van der Waals surface area contributed by atoms with Gasteiger partial charge in [-0.2, -0.15) is 0 Å². The minimum Gasteiger partial charge on any atom is -0.479 e. The number of nitrogens with zero attached hydrogens (tertiary/aromatic N) is 1. The summed E-state index contributed by atoms with van der Waals surface area (Å²) in [4.78, 5) is 24.4. The minimum atomic E-state index is -1.01. The van der Waals surface area contributed by atoms with Gasteiger partial charge in [-0.3, -0.25) is 4.90 Å². The first-order chi connectivity index (χ1) is 7.56. The maximum atomic E-state index is 11.5. The van der Waals surface area contributed by atoms with E-state index in [-0.39, 0.29) is 0 Å². The van der Waals surface area contributed by atoms with Crippen LogP contribution >= 0.6 is 0 Å². The van der Waals surface area contributed by atoms with Gasteiger partial charge >= 0.3 is 12.1 Å². The van der Waals surface area contributed by atoms with Gasteiger partial charge in [-0.05, 0) is 31.6 Å². The number of aliphatic carboxylic acids is 1. The van der Waals surface area contributed by atoms with Crippen molar-refractivity contribution in [1.82, 2.24) is 4.90 Å². The molecule has 1 aliphatic heterocycles. The Kier molecular flexibility index (Phi) is 2.78. The number of cyclic esters (lactones) is 1. The van der Waals surface area contributed by atoms with Crippen LogP contribution in [0.25, 0.3) is 0 Å². The third-order valence-corrected chi connectivity index (χ3v) is 3.78. The van der Waals surface area contributed by atoms with Crippen LogP contribution < -0.4 is 0 Å². The van der Waals surface area contributed by atoms with Crippen LogP contribution in [0.1, 0.15) is 32.6 Å². The molecule has 0 unspecified atom stereocenters. The highest BCUT2D eigenvalue weighted by Gasteiger charge is 2.50. The summed E-state index contributed by atoms with van der Waals surface area (Å²) in [6, 6.07) is 0. The summed E-state index contributed by atoms with van der Waals surface area (Å²) in [7, 11) is 0. The van der Waals surface area contributed by atoms with Gasteiger partial charge in [0.25, 0.3) is 0 Å². The van der Waals surface area contributed by atoms with Gasteiger partial charge < -0.3 is 9.84 Å². The van der Waals surface area contributed by atoms with Crippen molar-refractivity contribution in [1.29, 1.82) is 0 Å². The highest BCUT2D eigenvalue weighted by Crippen LogP contribution is 2.38. The van der Waals surface area contributed by atoms with E-state index in [2.05, 4.69) is 6.92 Å². The van der Waals surface area contributed by atoms with Gasteiger partial charge in [-0.25, -0.2) is 9.59 Å². The smallest absolute Gasteiger partial charge is 0.410 e. The van der Waals surface area contributed by atoms with E-state index < -0.39 is 17.6 Å². The monoisotopic (exact) mass is 227 g/mol. The van der Waals surface area contributed by atoms with E-state index in [1.807, 2.05) is 0 Å². The number of rotatable bonds is 2. The first-order valence-corrected chi connectivity index (χ1v) is 5.74. The van der Waals surface area contributed by atoms with Gasteiger partial charge in [0, 0.05) is 0 Å². The quantitative estimate of drug-likeness (QED) is 0.775. The molecule has 5 nitrogen and oxygen atoms in total. The Bertz CT molecular complexity index is 307. The van der Waals surface area contributed by atoms with Gasteiger partial charge in [0.05, 0.1) is 6.54 Å². The van der Waals surface area contributed by atoms with Crippen molar-refractivity contribution in [3.63, 3.8) is 0 Å². The molecule has 2 aliphatic rings. The molecule has 1 N–H and O–H groups in total. The van der Waals surface area contributed by atoms with Crippen LogP contribution in [0.5, 0.6) is 0 Å². The average Bonchev–Trinajstić information content (AvgIpc) is 2.66. The van der Waals surface area contributed by atoms with E-state index in [0.717, 1.165) is 12.8 Å². The summed E-state index contributed by atoms with van der Waals surface area (Å²) in [6.45, 7) is 2.83. The summed E-state index contributed by atoms with van der Waals surface area (Å²) < 4.78 is 4.84. The summed E-state index contributed by atoms with van der Waals surface area (Å²) >= 11 is 0. The molecular formula is C11H17NO4. The Labute approximate surface area is 94.4 Å². The summed E-state index contributed by atoms with van der Waals surface area (Å²) in [5.41, 5.74) is -1.01. The number of carboxylic acids is 1. The molecule has 2 fully saturated rings. The molecule has 90 valence electrons. The second-order valence-electron chi connectivity index (χ2n) is 4.79. The molecule has 1 aliphatic carbocycles. The molecule has 0 aromatic rings. The van der Waals surface area contributed by atoms with Gasteiger partial charge in [-0.15, -0.1) is 0 Å². The topological polar surface area (TPSA) is 66.8 Å². The van der Waals surface area contributed by atoms with Gasteiger partial charge in [-0.1, -0.05) is 6.92 Å². The lowest BCUT2D eigenvalue weighted by Crippen LogP contribution is -2.56. The second kappa shape index (κ2) is 3.96. The van der Waals surface area contributed by atoms with Crippen molar-refractivity contribution in [3.05, 3.63) is 0 Å². The largest absolute Gasteiger partial charge is 0.479 e. The predicted octanol–water partition coefficient (Wildman–Crippen LogP) is 1.47. The van der Waals surface area contributed by atoms with Crippen LogP contribution in [-0.4, -0.2) is 40.8 Å². The zero-order valence-electron chi connectivity index (χ0n) is 9.44. The van der Waals surface area contributed by atoms with Crippen molar-refractivity contribution < 1.29 is 19.4 Å². The van der Waals surface area contributed by atoms with Gasteiger partial charge in [0.15, 0.2) is 0 Å². The molecule has 1 amide bonds. The van der Waals surface area contributed by atoms with Crippen molar-refractivity contribution in [2.45, 2.75) is 38.1 Å². The lowest BCUT2D eigenvalue weighted by atomic mass is 9.76. The van der Waals surface area contributed by atoms with E-state index in [1.165, 1.54) is 4.90 Å². The lowest BCUT2D eigenvalue weighted by Gasteiger charge is -2.41. The van der Waals surface area contributed by atoms with E-state index in [1.54, 1.807) is 0 Å². The molecule has 0 spiro atoms. The molecule has 0 atom stereocenters. The van der Waals surface area contributed by atoms with Crippen molar-refractivity contribution in [2.75, 3.05) is 13.2 Å². The number of hydrogen-bond acceptors (Lipinski definition) is 3. The van der Waals surface area contributed by atoms with Crippen LogP contribution in [0, 0.1) is 5.92 Å². The Morgan fingerprint density at radius 1 is 1.50 bits per heavy atom. The van der Waals surface area contributed by atoms with Crippen LogP contribution in [0.15, 0.2) is 0 Å². The fourth-order valence-corrected chi connectivity index (χ4v) is 2.62. The standard InChI is InChI=1S/C11H17NO4/c1-8-2-4-11(5-3-8,9(13)14)12-6-7-16-10(12)15/h8H,2-7H2,1H3,(H,13,14). The number of ether oxygens (including phenoxy) is 1. The second-order valence-corrected chi connectivity index (χ2v) is 4.79. The molecule has 0 bridgehead atoms. The van der Waals surface area contributed by atoms with Crippen LogP contribution in [0.4, 0.5) is 4.79 Å². The molecular weight excluding hydrogens is 210 g/mol. The SMILES string of the molecule is CC1CCC(C(=O)O)(N2CCOC2=O)CC1. The molecule has 5 heteroatoms. The number of carbonyl (C=O) groups excluding carboxylic acids is 1. The van der Waals surface area contributed by atoms with Gasteiger partial charge in [0.2, 0.25) is 0 Å². The molecule has 0 aromatic heterocycles. The van der Waals surface area contributed by atoms with E-state index in [0.29, 0.717) is 31.9 Å². The number of amides is 1. The minimum absolute atomic E-state index is 0.309. The first-order valence-electron chi connectivity index (χ1n) is 5.74. The Morgan fingerprint density at radius 2 is 2.12 bits per heavy atom. The number of carboxylic acid groups (broad SMARTS) is 1. The third kappa shape index (κ3) is 1.64. The number of hydrogen-bond donors (Lipinski definition) is 1. The fraction of sp³-hybridized carbons (Fsp3) is 0.818. The molecule has 0 radical (unpaired) electrons. The molecule has 16 heavy (non-hydrogen) atoms. The Balaban J connectivity index is 2.22. The highest BCUT2D eigenvalue weighted by molar-refractivity contribution is 5.85. The third-order valence-electron chi connectivity index (χ3n) is 3.78. The average molecular weight is 227 g/mol. The van der Waals surface area contributed by atoms with Crippen LogP contribution in [-0.2, 0) is 9.53 Å². The summed E-state index contributed by atoms with van der Waals surface area (Å²) in [5.74, 6) is -0.343. The summed E-state index contributed by atoms with van der Waals surface area (Å²) in [6.07, 6.45) is 2.32. The van der Waals surface area contributed by atoms with Crippen molar-refractivity contribution in [2.24, 2.45) is 5.92 Å². The zero-order valence-corrected chi connectivity index (χ0v) is 9.44. The van der Waals surface area contributed by atoms with E-state index in [9.17, 15) is 14.7 Å². The first kappa shape index (κ1) is 11.2. The maximum absolute atomic E-state index is 11.5. The Morgan fingerprint density at radius 3 is 2.56 bits per heavy atom. The molecule has 1 saturated carbocycles. The van der Waals surface area contributed by atoms with Crippen LogP contribution in [0.3, 0.4) is 0 Å². The van der Waals surface area contributed by atoms with E-state index >= 15 is 0 Å². The zero-order chi connectivity index (χ0) is 11.8. The molecule has 1 saturated heterocycles. The lowest BCUT2D eigenvalue weighted by molar-refractivity contribution is -0.152. The molecule has 2 rings (SSSR count). The van der Waals surface area contributed by atoms with Gasteiger partial charge in [0.1, 0.15) is 12.1 Å². The maximum Gasteiger partial charge on any atom is 0.410 e. The fourth-order valence-electron chi connectivity index (χ4n) is 2.62. The highest BCUT2D eigenvalue weighted by atomic mass is 16.6. The van der Waals surface area contributed by atoms with E-state index in [4.69, 9.17) is 4.74 Å². The normalized spacial score (nSPS) is 34.9. The summed E-state index contributed by atoms with van der Waals surface area (Å²) in [5, 5.41) is 9.40. The molecule has 1 heterocycles. The van der Waals surface area contributed by atoms with Crippen molar-refractivity contribution in [3.8, 4) is 0 Å². The molecule has 0 aromatic carbocycles.